The molecule has 6 heterocycles. The number of benzene rings is 3. The first kappa shape index (κ1) is 32.0. The van der Waals surface area contributed by atoms with Gasteiger partial charge in [0.2, 0.25) is 0 Å². The second-order valence-corrected chi connectivity index (χ2v) is 18.1. The fourth-order valence-electron chi connectivity index (χ4n) is 9.50. The van der Waals surface area contributed by atoms with Crippen LogP contribution < -0.4 is 0 Å². The zero-order valence-electron chi connectivity index (χ0n) is 31.3. The number of hydrogen-bond donors (Lipinski definition) is 2. The van der Waals surface area contributed by atoms with Gasteiger partial charge >= 0.3 is 12.2 Å². The minimum atomic E-state index is -0.546. The molecule has 11 heteroatoms. The summed E-state index contributed by atoms with van der Waals surface area (Å²) in [6.07, 6.45) is 1.44. The van der Waals surface area contributed by atoms with Crippen LogP contribution in [0.3, 0.4) is 0 Å². The van der Waals surface area contributed by atoms with Crippen molar-refractivity contribution in [3.05, 3.63) is 78.4 Å². The Balaban J connectivity index is 0.837. The second-order valence-electron chi connectivity index (χ2n) is 18.1. The summed E-state index contributed by atoms with van der Waals surface area (Å²) >= 11 is 0. The third-order valence-electron chi connectivity index (χ3n) is 12.1. The average Bonchev–Trinajstić information content (AvgIpc) is 3.94. The van der Waals surface area contributed by atoms with Crippen molar-refractivity contribution in [2.75, 3.05) is 0 Å². The van der Waals surface area contributed by atoms with E-state index in [1.165, 1.54) is 0 Å². The third-order valence-corrected chi connectivity index (χ3v) is 12.1. The Hall–Kier alpha value is -5.45. The number of imidazole rings is 2. The minimum absolute atomic E-state index is 0.0556. The Labute approximate surface area is 312 Å². The molecule has 54 heavy (non-hydrogen) atoms. The zero-order valence-corrected chi connectivity index (χ0v) is 31.3. The molecule has 274 valence electrons. The predicted molar refractivity (Wildman–Crippen MR) is 204 cm³/mol. The van der Waals surface area contributed by atoms with E-state index in [1.807, 2.05) is 57.4 Å². The maximum absolute atomic E-state index is 13.2. The van der Waals surface area contributed by atoms with Crippen LogP contribution in [0.4, 0.5) is 9.59 Å². The fraction of sp³-hybridized carbons (Fsp3) is 0.419. The number of aromatic nitrogens is 5. The number of piperidine rings is 2. The molecular formula is C43H43N7O4. The van der Waals surface area contributed by atoms with Gasteiger partial charge < -0.3 is 19.4 Å². The number of aromatic amines is 2. The quantitative estimate of drug-likeness (QED) is 0.186. The summed E-state index contributed by atoms with van der Waals surface area (Å²) in [5.41, 5.74) is 7.52. The van der Waals surface area contributed by atoms with Gasteiger partial charge in [-0.3, -0.25) is 9.80 Å². The first-order chi connectivity index (χ1) is 25.8. The first-order valence-corrected chi connectivity index (χ1v) is 19.2. The molecule has 3 aromatic carbocycles. The lowest BCUT2D eigenvalue weighted by Gasteiger charge is -2.29. The SMILES string of the molecule is CC(C)(C)OC(=O)N1C2C3C([C@@H]32)[C@H]1c1nc2ccc(-c3ccc4nc(-c5ccc6nc([C@@H]7C[C@H]8C[C@H]8N7C(=O)OC(C)(C)C)[nH]c6c5)ccc4c3)cc2[nH]1. The van der Waals surface area contributed by atoms with Crippen molar-refractivity contribution >= 4 is 45.2 Å². The van der Waals surface area contributed by atoms with E-state index in [2.05, 4.69) is 70.6 Å². The highest BCUT2D eigenvalue weighted by atomic mass is 16.6. The largest absolute Gasteiger partial charge is 0.444 e. The molecule has 0 radical (unpaired) electrons. The van der Waals surface area contributed by atoms with Crippen molar-refractivity contribution in [2.45, 2.75) is 89.8 Å². The molecule has 11 nitrogen and oxygen atoms in total. The molecule has 12 rings (SSSR count). The Morgan fingerprint density at radius 3 is 1.94 bits per heavy atom. The molecule has 3 aromatic heterocycles. The number of rotatable bonds is 4. The standard InChI is InChI=1S/C43H43N7O4/c1-42(2,3)53-40(51)49-31-18-24(31)19-32(49)38-45-27-14-10-23(17-30(27)47-38)26-12-9-22-15-20(7-11-25(22)44-26)21-8-13-28-29(16-21)48-39(46-28)37-35-33-34(35)36(33)50(37)41(52)54-43(4,5)6/h7-17,24,31-37H,18-19H2,1-6H3,(H,45,47)(H,46,48)/t24-,31-,32+,33-,34?,35?,36?,37+/m1/s1. The summed E-state index contributed by atoms with van der Waals surface area (Å²) in [7, 11) is 0. The molecule has 3 unspecified atom stereocenters. The molecule has 6 aromatic rings. The molecule has 6 fully saturated rings. The van der Waals surface area contributed by atoms with E-state index < -0.39 is 11.2 Å². The molecule has 3 aliphatic heterocycles. The van der Waals surface area contributed by atoms with Crippen LogP contribution in [0.5, 0.6) is 0 Å². The maximum Gasteiger partial charge on any atom is 0.411 e. The molecule has 6 aliphatic rings. The van der Waals surface area contributed by atoms with Crippen LogP contribution in [0.25, 0.3) is 55.4 Å². The lowest BCUT2D eigenvalue weighted by molar-refractivity contribution is 0.0172. The van der Waals surface area contributed by atoms with Crippen molar-refractivity contribution in [1.82, 2.24) is 34.7 Å². The monoisotopic (exact) mass is 721 g/mol. The number of amides is 2. The number of carbonyl (C=O) groups excluding carboxylic acids is 2. The molecule has 2 amide bonds. The van der Waals surface area contributed by atoms with E-state index in [1.54, 1.807) is 0 Å². The van der Waals surface area contributed by atoms with E-state index in [0.717, 1.165) is 79.8 Å². The van der Waals surface area contributed by atoms with Crippen LogP contribution in [0.1, 0.15) is 78.1 Å². The minimum Gasteiger partial charge on any atom is -0.444 e. The van der Waals surface area contributed by atoms with Gasteiger partial charge in [-0.05, 0) is 132 Å². The van der Waals surface area contributed by atoms with Gasteiger partial charge in [-0.15, -0.1) is 0 Å². The topological polar surface area (TPSA) is 129 Å². The molecule has 2 bridgehead atoms. The maximum atomic E-state index is 13.2. The summed E-state index contributed by atoms with van der Waals surface area (Å²) in [6.45, 7) is 11.5. The van der Waals surface area contributed by atoms with E-state index in [-0.39, 0.29) is 30.3 Å². The molecule has 0 spiro atoms. The lowest BCUT2D eigenvalue weighted by atomic mass is 10.0. The van der Waals surface area contributed by atoms with E-state index in [4.69, 9.17) is 24.4 Å². The van der Waals surface area contributed by atoms with Crippen molar-refractivity contribution in [3.8, 4) is 22.4 Å². The number of nitrogens with zero attached hydrogens (tertiary/aromatic N) is 5. The number of carbonyl (C=O) groups is 2. The average molecular weight is 722 g/mol. The normalized spacial score (nSPS) is 27.7. The van der Waals surface area contributed by atoms with Crippen molar-refractivity contribution in [2.24, 2.45) is 23.7 Å². The van der Waals surface area contributed by atoms with Crippen LogP contribution in [-0.2, 0) is 9.47 Å². The number of hydrogen-bond acceptors (Lipinski definition) is 7. The summed E-state index contributed by atoms with van der Waals surface area (Å²) in [5, 5.41) is 1.05. The Bertz CT molecular complexity index is 2570. The van der Waals surface area contributed by atoms with E-state index in [9.17, 15) is 9.59 Å². The summed E-state index contributed by atoms with van der Waals surface area (Å²) in [6, 6.07) is 23.4. The van der Waals surface area contributed by atoms with Gasteiger partial charge in [-0.25, -0.2) is 24.5 Å². The molecule has 8 atom stereocenters. The number of fused-ring (bicyclic) bond motifs is 5. The smallest absolute Gasteiger partial charge is 0.411 e. The number of nitrogens with one attached hydrogen (secondary N) is 2. The fourth-order valence-corrected chi connectivity index (χ4v) is 9.50. The number of H-pyrrole nitrogens is 2. The molecule has 3 aliphatic carbocycles. The van der Waals surface area contributed by atoms with Gasteiger partial charge in [0, 0.05) is 23.0 Å². The second kappa shape index (κ2) is 10.6. The Morgan fingerprint density at radius 1 is 0.648 bits per heavy atom. The van der Waals surface area contributed by atoms with Crippen LogP contribution in [0.15, 0.2) is 66.7 Å². The van der Waals surface area contributed by atoms with E-state index >= 15 is 0 Å². The van der Waals surface area contributed by atoms with Crippen LogP contribution in [-0.4, -0.2) is 70.2 Å². The number of pyridine rings is 1. The van der Waals surface area contributed by atoms with Gasteiger partial charge in [0.25, 0.3) is 0 Å². The summed E-state index contributed by atoms with van der Waals surface area (Å²) in [5.74, 6) is 3.86. The Morgan fingerprint density at radius 2 is 1.24 bits per heavy atom. The van der Waals surface area contributed by atoms with Gasteiger partial charge in [0.05, 0.1) is 45.4 Å². The van der Waals surface area contributed by atoms with Gasteiger partial charge in [-0.1, -0.05) is 24.3 Å². The molecule has 2 N–H and O–H groups in total. The van der Waals surface area contributed by atoms with Gasteiger partial charge in [0.1, 0.15) is 22.9 Å². The number of likely N-dealkylation sites (tertiary alicyclic amines) is 1. The Kier molecular flexibility index (Phi) is 6.29. The predicted octanol–water partition coefficient (Wildman–Crippen LogP) is 8.93. The van der Waals surface area contributed by atoms with Crippen molar-refractivity contribution < 1.29 is 19.1 Å². The van der Waals surface area contributed by atoms with Crippen LogP contribution >= 0.6 is 0 Å². The molecular weight excluding hydrogens is 679 g/mol. The highest BCUT2D eigenvalue weighted by Gasteiger charge is 2.86. The lowest BCUT2D eigenvalue weighted by Crippen LogP contribution is -2.38. The van der Waals surface area contributed by atoms with Crippen molar-refractivity contribution in [1.29, 1.82) is 0 Å². The van der Waals surface area contributed by atoms with Crippen molar-refractivity contribution in [3.63, 3.8) is 0 Å². The molecule has 3 saturated heterocycles. The summed E-state index contributed by atoms with van der Waals surface area (Å²) < 4.78 is 11.6. The molecule has 3 saturated carbocycles. The van der Waals surface area contributed by atoms with Gasteiger partial charge in [-0.2, -0.15) is 0 Å². The van der Waals surface area contributed by atoms with Crippen LogP contribution in [0.2, 0.25) is 0 Å². The van der Waals surface area contributed by atoms with Crippen LogP contribution in [0, 0.1) is 23.7 Å². The van der Waals surface area contributed by atoms with Gasteiger partial charge in [0.15, 0.2) is 0 Å². The van der Waals surface area contributed by atoms with E-state index in [0.29, 0.717) is 29.7 Å². The summed E-state index contributed by atoms with van der Waals surface area (Å²) in [4.78, 5) is 52.2. The highest BCUT2D eigenvalue weighted by Crippen LogP contribution is 2.81. The number of ether oxygens (including phenoxy) is 2. The first-order valence-electron chi connectivity index (χ1n) is 19.2. The zero-order chi connectivity index (χ0) is 37.0. The highest BCUT2D eigenvalue weighted by molar-refractivity contribution is 5.90. The third kappa shape index (κ3) is 5.03.